The van der Waals surface area contributed by atoms with Gasteiger partial charge >= 0.3 is 0 Å². The number of aliphatic imine (C=N–C) groups is 1. The normalized spacial score (nSPS) is 14.2. The monoisotopic (exact) mass is 334 g/mol. The lowest BCUT2D eigenvalue weighted by Gasteiger charge is -2.15. The zero-order valence-corrected chi connectivity index (χ0v) is 13.5. The van der Waals surface area contributed by atoms with E-state index in [4.69, 9.17) is 27.9 Å². The van der Waals surface area contributed by atoms with Crippen LogP contribution in [0.1, 0.15) is 17.5 Å². The van der Waals surface area contributed by atoms with Crippen LogP contribution in [-0.2, 0) is 6.61 Å². The van der Waals surface area contributed by atoms with Gasteiger partial charge in [0.25, 0.3) is 0 Å². The summed E-state index contributed by atoms with van der Waals surface area (Å²) in [6.45, 7) is 2.16. The Hall–Kier alpha value is -1.71. The summed E-state index contributed by atoms with van der Waals surface area (Å²) in [5.74, 6) is 1.69. The van der Waals surface area contributed by atoms with Gasteiger partial charge in [0.1, 0.15) is 18.2 Å². The Morgan fingerprint density at radius 2 is 1.86 bits per heavy atom. The SMILES string of the molecule is Clc1cccc(Cl)c1COc1cccc(C2=NCCCN2)c1. The number of nitrogens with zero attached hydrogens (tertiary/aromatic N) is 1. The molecule has 1 aliphatic rings. The van der Waals surface area contributed by atoms with Gasteiger partial charge in [-0.15, -0.1) is 0 Å². The molecule has 0 fully saturated rings. The maximum Gasteiger partial charge on any atom is 0.128 e. The molecule has 2 aromatic carbocycles. The molecule has 22 heavy (non-hydrogen) atoms. The number of rotatable bonds is 4. The van der Waals surface area contributed by atoms with Crippen LogP contribution in [0.5, 0.6) is 5.75 Å². The molecule has 0 saturated carbocycles. The zero-order valence-electron chi connectivity index (χ0n) is 12.0. The van der Waals surface area contributed by atoms with Gasteiger partial charge in [-0.2, -0.15) is 0 Å². The molecule has 114 valence electrons. The van der Waals surface area contributed by atoms with Crippen LogP contribution in [-0.4, -0.2) is 18.9 Å². The highest BCUT2D eigenvalue weighted by Gasteiger charge is 2.09. The molecule has 5 heteroatoms. The van der Waals surface area contributed by atoms with Gasteiger partial charge in [0.15, 0.2) is 0 Å². The maximum atomic E-state index is 6.16. The fourth-order valence-corrected chi connectivity index (χ4v) is 2.79. The van der Waals surface area contributed by atoms with Crippen LogP contribution in [0.3, 0.4) is 0 Å². The minimum absolute atomic E-state index is 0.335. The van der Waals surface area contributed by atoms with Crippen molar-refractivity contribution in [3.63, 3.8) is 0 Å². The third-order valence-corrected chi connectivity index (χ3v) is 4.16. The number of hydrogen-bond donors (Lipinski definition) is 1. The average molecular weight is 335 g/mol. The van der Waals surface area contributed by atoms with E-state index in [9.17, 15) is 0 Å². The minimum atomic E-state index is 0.335. The van der Waals surface area contributed by atoms with Crippen LogP contribution in [0.25, 0.3) is 0 Å². The minimum Gasteiger partial charge on any atom is -0.489 e. The highest BCUT2D eigenvalue weighted by atomic mass is 35.5. The zero-order chi connectivity index (χ0) is 15.4. The lowest BCUT2D eigenvalue weighted by molar-refractivity contribution is 0.306. The Morgan fingerprint density at radius 1 is 1.09 bits per heavy atom. The molecule has 0 saturated heterocycles. The fourth-order valence-electron chi connectivity index (χ4n) is 2.28. The summed E-state index contributed by atoms with van der Waals surface area (Å²) < 4.78 is 5.83. The highest BCUT2D eigenvalue weighted by Crippen LogP contribution is 2.26. The van der Waals surface area contributed by atoms with Crippen molar-refractivity contribution in [3.05, 3.63) is 63.6 Å². The molecular formula is C17H16Cl2N2O. The number of benzene rings is 2. The Bertz CT molecular complexity index is 681. The van der Waals surface area contributed by atoms with Gasteiger partial charge in [0.2, 0.25) is 0 Å². The smallest absolute Gasteiger partial charge is 0.128 e. The molecule has 0 aliphatic carbocycles. The standard InChI is InChI=1S/C17H16Cl2N2O/c18-15-6-2-7-16(19)14(15)11-22-13-5-1-4-12(10-13)17-20-8-3-9-21-17/h1-2,4-7,10H,3,8-9,11H2,(H,20,21). The third kappa shape index (κ3) is 3.54. The molecule has 3 nitrogen and oxygen atoms in total. The Kier molecular flexibility index (Phi) is 4.86. The van der Waals surface area contributed by atoms with Gasteiger partial charge in [-0.25, -0.2) is 0 Å². The summed E-state index contributed by atoms with van der Waals surface area (Å²) in [5.41, 5.74) is 1.83. The van der Waals surface area contributed by atoms with E-state index in [1.54, 1.807) is 0 Å². The quantitative estimate of drug-likeness (QED) is 0.903. The molecule has 0 amide bonds. The predicted octanol–water partition coefficient (Wildman–Crippen LogP) is 4.31. The second kappa shape index (κ2) is 7.03. The molecule has 1 aliphatic heterocycles. The van der Waals surface area contributed by atoms with Crippen molar-refractivity contribution in [2.75, 3.05) is 13.1 Å². The van der Waals surface area contributed by atoms with Crippen LogP contribution in [0.15, 0.2) is 47.5 Å². The number of nitrogens with one attached hydrogen (secondary N) is 1. The summed E-state index contributed by atoms with van der Waals surface area (Å²) in [6.07, 6.45) is 1.07. The van der Waals surface area contributed by atoms with Gasteiger partial charge in [-0.05, 0) is 30.7 Å². The first-order valence-electron chi connectivity index (χ1n) is 7.18. The fraction of sp³-hybridized carbons (Fsp3) is 0.235. The molecule has 0 atom stereocenters. The van der Waals surface area contributed by atoms with E-state index < -0.39 is 0 Å². The number of hydrogen-bond acceptors (Lipinski definition) is 3. The largest absolute Gasteiger partial charge is 0.489 e. The Labute approximate surface area is 139 Å². The summed E-state index contributed by atoms with van der Waals surface area (Å²) in [6, 6.07) is 13.3. The van der Waals surface area contributed by atoms with Crippen LogP contribution >= 0.6 is 23.2 Å². The van der Waals surface area contributed by atoms with E-state index >= 15 is 0 Å². The molecule has 1 N–H and O–H groups in total. The van der Waals surface area contributed by atoms with Gasteiger partial charge in [0, 0.05) is 34.3 Å². The van der Waals surface area contributed by atoms with Gasteiger partial charge in [0.05, 0.1) is 0 Å². The van der Waals surface area contributed by atoms with E-state index in [1.807, 2.05) is 42.5 Å². The van der Waals surface area contributed by atoms with Crippen molar-refractivity contribution in [1.82, 2.24) is 5.32 Å². The lowest BCUT2D eigenvalue weighted by atomic mass is 10.1. The molecule has 2 aromatic rings. The van der Waals surface area contributed by atoms with Crippen LogP contribution in [0, 0.1) is 0 Å². The van der Waals surface area contributed by atoms with Crippen molar-refractivity contribution in [3.8, 4) is 5.75 Å². The van der Waals surface area contributed by atoms with Crippen molar-refractivity contribution in [1.29, 1.82) is 0 Å². The predicted molar refractivity (Wildman–Crippen MR) is 91.3 cm³/mol. The first-order valence-corrected chi connectivity index (χ1v) is 7.94. The highest BCUT2D eigenvalue weighted by molar-refractivity contribution is 6.35. The topological polar surface area (TPSA) is 33.6 Å². The summed E-state index contributed by atoms with van der Waals surface area (Å²) in [5, 5.41) is 4.53. The van der Waals surface area contributed by atoms with Gasteiger partial charge in [-0.1, -0.05) is 41.4 Å². The molecule has 0 bridgehead atoms. The van der Waals surface area contributed by atoms with Crippen molar-refractivity contribution in [2.24, 2.45) is 4.99 Å². The number of amidine groups is 1. The molecular weight excluding hydrogens is 319 g/mol. The van der Waals surface area contributed by atoms with Crippen molar-refractivity contribution in [2.45, 2.75) is 13.0 Å². The first kappa shape index (κ1) is 15.2. The van der Waals surface area contributed by atoms with Crippen LogP contribution in [0.2, 0.25) is 10.0 Å². The maximum absolute atomic E-state index is 6.16. The molecule has 3 rings (SSSR count). The molecule has 0 unspecified atom stereocenters. The summed E-state index contributed by atoms with van der Waals surface area (Å²) >= 11 is 12.3. The van der Waals surface area contributed by atoms with E-state index in [-0.39, 0.29) is 0 Å². The molecule has 1 heterocycles. The second-order valence-electron chi connectivity index (χ2n) is 5.03. The lowest BCUT2D eigenvalue weighted by Crippen LogP contribution is -2.30. The van der Waals surface area contributed by atoms with Crippen LogP contribution < -0.4 is 10.1 Å². The van der Waals surface area contributed by atoms with E-state index in [0.717, 1.165) is 42.2 Å². The summed E-state index contributed by atoms with van der Waals surface area (Å²) in [7, 11) is 0. The van der Waals surface area contributed by atoms with Crippen LogP contribution in [0.4, 0.5) is 0 Å². The van der Waals surface area contributed by atoms with Gasteiger partial charge < -0.3 is 10.1 Å². The first-order chi connectivity index (χ1) is 10.7. The third-order valence-electron chi connectivity index (χ3n) is 3.45. The average Bonchev–Trinajstić information content (AvgIpc) is 2.55. The van der Waals surface area contributed by atoms with E-state index in [2.05, 4.69) is 10.3 Å². The number of halogens is 2. The molecule has 0 aromatic heterocycles. The van der Waals surface area contributed by atoms with E-state index in [1.165, 1.54) is 0 Å². The van der Waals surface area contributed by atoms with E-state index in [0.29, 0.717) is 16.7 Å². The van der Waals surface area contributed by atoms with Crippen molar-refractivity contribution < 1.29 is 4.74 Å². The number of ether oxygens (including phenoxy) is 1. The molecule has 0 spiro atoms. The Morgan fingerprint density at radius 3 is 2.59 bits per heavy atom. The Balaban J connectivity index is 1.74. The second-order valence-corrected chi connectivity index (χ2v) is 5.84. The molecule has 0 radical (unpaired) electrons. The van der Waals surface area contributed by atoms with Crippen molar-refractivity contribution >= 4 is 29.0 Å². The summed E-state index contributed by atoms with van der Waals surface area (Å²) in [4.78, 5) is 4.50. The van der Waals surface area contributed by atoms with Gasteiger partial charge in [-0.3, -0.25) is 4.99 Å².